The van der Waals surface area contributed by atoms with Crippen molar-refractivity contribution in [2.24, 2.45) is 0 Å². The lowest BCUT2D eigenvalue weighted by atomic mass is 10.3. The lowest BCUT2D eigenvalue weighted by molar-refractivity contribution is -0.137. The Morgan fingerprint density at radius 3 is 2.58 bits per heavy atom. The van der Waals surface area contributed by atoms with Gasteiger partial charge >= 0.3 is 5.97 Å². The first kappa shape index (κ1) is 16.2. The summed E-state index contributed by atoms with van der Waals surface area (Å²) in [6.07, 6.45) is 0. The van der Waals surface area contributed by atoms with E-state index in [2.05, 4.69) is 15.0 Å². The number of halogens is 3. The molecule has 0 radical (unpaired) electrons. The van der Waals surface area contributed by atoms with Crippen molar-refractivity contribution in [2.45, 2.75) is 10.7 Å². The summed E-state index contributed by atoms with van der Waals surface area (Å²) >= 11 is 17.0. The van der Waals surface area contributed by atoms with Gasteiger partial charge in [0.2, 0.25) is 0 Å². The van der Waals surface area contributed by atoms with Crippen molar-refractivity contribution in [3.8, 4) is 0 Å². The number of aromatic nitrogens is 1. The Morgan fingerprint density at radius 1 is 1.42 bits per heavy atom. The quantitative estimate of drug-likeness (QED) is 0.391. The number of esters is 1. The van der Waals surface area contributed by atoms with E-state index in [1.54, 1.807) is 6.92 Å². The number of amides is 1. The van der Waals surface area contributed by atoms with E-state index in [1.807, 2.05) is 0 Å². The molecule has 0 aliphatic rings. The number of thiazole rings is 1. The van der Waals surface area contributed by atoms with E-state index in [0.29, 0.717) is 0 Å². The highest BCUT2D eigenvalue weighted by Gasteiger charge is 2.31. The number of ketones is 1. The summed E-state index contributed by atoms with van der Waals surface area (Å²) in [6, 6.07) is 0. The number of carbonyl (C=O) groups excluding carboxylic acids is 3. The van der Waals surface area contributed by atoms with Gasteiger partial charge in [-0.2, -0.15) is 0 Å². The minimum atomic E-state index is -2.14. The zero-order valence-corrected chi connectivity index (χ0v) is 12.5. The van der Waals surface area contributed by atoms with E-state index < -0.39 is 21.5 Å². The molecule has 1 N–H and O–H groups in total. The molecule has 6 nitrogen and oxygen atoms in total. The number of hydrogen-bond donors (Lipinski definition) is 1. The van der Waals surface area contributed by atoms with Gasteiger partial charge in [-0.3, -0.25) is 14.9 Å². The van der Waals surface area contributed by atoms with Gasteiger partial charge in [-0.05, 0) is 6.92 Å². The monoisotopic (exact) mass is 344 g/mol. The van der Waals surface area contributed by atoms with Crippen molar-refractivity contribution < 1.29 is 19.1 Å². The molecule has 0 aromatic carbocycles. The molecule has 0 saturated heterocycles. The van der Waals surface area contributed by atoms with Gasteiger partial charge in [0.25, 0.3) is 15.5 Å². The van der Waals surface area contributed by atoms with Gasteiger partial charge in [0.15, 0.2) is 5.13 Å². The number of rotatable bonds is 4. The number of alkyl halides is 3. The first-order valence-electron chi connectivity index (χ1n) is 4.80. The predicted molar refractivity (Wildman–Crippen MR) is 72.0 cm³/mol. The molecule has 10 heteroatoms. The van der Waals surface area contributed by atoms with E-state index >= 15 is 0 Å². The maximum Gasteiger partial charge on any atom is 0.381 e. The SMILES string of the molecule is CCOC(=O)C(=O)c1csc(NC(=O)C(Cl)(Cl)Cl)n1. The van der Waals surface area contributed by atoms with Gasteiger partial charge in [0, 0.05) is 5.38 Å². The third-order valence-corrected chi connectivity index (χ3v) is 2.95. The van der Waals surface area contributed by atoms with Gasteiger partial charge in [-0.25, -0.2) is 9.78 Å². The molecule has 1 heterocycles. The number of anilines is 1. The van der Waals surface area contributed by atoms with Crippen molar-refractivity contribution in [3.05, 3.63) is 11.1 Å². The number of nitrogens with zero attached hydrogens (tertiary/aromatic N) is 1. The predicted octanol–water partition coefficient (Wildman–Crippen LogP) is 2.20. The molecular formula is C9H7Cl3N2O4S. The van der Waals surface area contributed by atoms with Gasteiger partial charge in [0.05, 0.1) is 6.61 Å². The maximum atomic E-state index is 11.5. The Morgan fingerprint density at radius 2 is 2.05 bits per heavy atom. The van der Waals surface area contributed by atoms with Crippen LogP contribution in [0.4, 0.5) is 5.13 Å². The van der Waals surface area contributed by atoms with Crippen molar-refractivity contribution in [2.75, 3.05) is 11.9 Å². The smallest absolute Gasteiger partial charge is 0.381 e. The average molecular weight is 346 g/mol. The first-order chi connectivity index (χ1) is 8.75. The normalized spacial score (nSPS) is 10.9. The zero-order valence-electron chi connectivity index (χ0n) is 9.41. The van der Waals surface area contributed by atoms with E-state index in [4.69, 9.17) is 34.8 Å². The second-order valence-electron chi connectivity index (χ2n) is 3.04. The highest BCUT2D eigenvalue weighted by Crippen LogP contribution is 2.28. The Kier molecular flexibility index (Phi) is 5.54. The van der Waals surface area contributed by atoms with Gasteiger partial charge in [-0.15, -0.1) is 11.3 Å². The molecule has 0 aliphatic carbocycles. The van der Waals surface area contributed by atoms with Crippen LogP contribution in [0.2, 0.25) is 0 Å². The Balaban J connectivity index is 2.75. The molecule has 0 atom stereocenters. The number of nitrogens with one attached hydrogen (secondary N) is 1. The fraction of sp³-hybridized carbons (Fsp3) is 0.333. The molecule has 0 fully saturated rings. The van der Waals surface area contributed by atoms with Crippen LogP contribution in [0.5, 0.6) is 0 Å². The van der Waals surface area contributed by atoms with Crippen LogP contribution in [0.25, 0.3) is 0 Å². The molecular weight excluding hydrogens is 339 g/mol. The van der Waals surface area contributed by atoms with Crippen molar-refractivity contribution >= 4 is 68.9 Å². The maximum absolute atomic E-state index is 11.5. The van der Waals surface area contributed by atoms with Crippen LogP contribution in [0.15, 0.2) is 5.38 Å². The molecule has 1 amide bonds. The summed E-state index contributed by atoms with van der Waals surface area (Å²) in [5.74, 6) is -2.85. The van der Waals surface area contributed by atoms with Gasteiger partial charge in [-0.1, -0.05) is 34.8 Å². The van der Waals surface area contributed by atoms with Gasteiger partial charge in [0.1, 0.15) is 5.69 Å². The summed E-state index contributed by atoms with van der Waals surface area (Å²) in [6.45, 7) is 1.64. The Hall–Kier alpha value is -0.890. The molecule has 0 aliphatic heterocycles. The molecule has 0 bridgehead atoms. The second kappa shape index (κ2) is 6.51. The highest BCUT2D eigenvalue weighted by atomic mass is 35.6. The molecule has 0 spiro atoms. The minimum absolute atomic E-state index is 0.0315. The number of carbonyl (C=O) groups is 3. The van der Waals surface area contributed by atoms with Gasteiger partial charge < -0.3 is 4.74 Å². The summed E-state index contributed by atoms with van der Waals surface area (Å²) in [5.41, 5.74) is -0.150. The van der Waals surface area contributed by atoms with E-state index in [9.17, 15) is 14.4 Å². The molecule has 0 unspecified atom stereocenters. The van der Waals surface area contributed by atoms with Crippen LogP contribution in [0.3, 0.4) is 0 Å². The summed E-state index contributed by atoms with van der Waals surface area (Å²) in [5, 5.41) is 3.51. The van der Waals surface area contributed by atoms with Crippen molar-refractivity contribution in [1.29, 1.82) is 0 Å². The van der Waals surface area contributed by atoms with Crippen LogP contribution in [-0.4, -0.2) is 33.0 Å². The molecule has 1 aromatic rings. The fourth-order valence-corrected chi connectivity index (χ4v) is 1.73. The van der Waals surface area contributed by atoms with Crippen LogP contribution in [-0.2, 0) is 14.3 Å². The van der Waals surface area contributed by atoms with Crippen LogP contribution < -0.4 is 5.32 Å². The number of Topliss-reactive ketones (excluding diaryl/α,β-unsaturated/α-hetero) is 1. The third-order valence-electron chi connectivity index (χ3n) is 1.68. The molecule has 104 valence electrons. The topological polar surface area (TPSA) is 85.4 Å². The van der Waals surface area contributed by atoms with Crippen LogP contribution in [0, 0.1) is 0 Å². The largest absolute Gasteiger partial charge is 0.460 e. The van der Waals surface area contributed by atoms with E-state index in [1.165, 1.54) is 5.38 Å². The average Bonchev–Trinajstić information content (AvgIpc) is 2.75. The van der Waals surface area contributed by atoms with E-state index in [0.717, 1.165) is 11.3 Å². The summed E-state index contributed by atoms with van der Waals surface area (Å²) < 4.78 is 2.39. The Labute approximate surface area is 127 Å². The summed E-state index contributed by atoms with van der Waals surface area (Å²) in [4.78, 5) is 37.7. The molecule has 0 saturated carbocycles. The van der Waals surface area contributed by atoms with Crippen LogP contribution >= 0.6 is 46.1 Å². The van der Waals surface area contributed by atoms with Crippen molar-refractivity contribution in [3.63, 3.8) is 0 Å². The summed E-state index contributed by atoms with van der Waals surface area (Å²) in [7, 11) is 0. The second-order valence-corrected chi connectivity index (χ2v) is 6.18. The first-order valence-corrected chi connectivity index (χ1v) is 6.82. The third kappa shape index (κ3) is 4.61. The fourth-order valence-electron chi connectivity index (χ4n) is 0.905. The van der Waals surface area contributed by atoms with Crippen molar-refractivity contribution in [1.82, 2.24) is 4.98 Å². The number of hydrogen-bond acceptors (Lipinski definition) is 6. The lowest BCUT2D eigenvalue weighted by Crippen LogP contribution is -2.27. The molecule has 19 heavy (non-hydrogen) atoms. The van der Waals surface area contributed by atoms with E-state index in [-0.39, 0.29) is 17.4 Å². The Bertz CT molecular complexity index is 512. The minimum Gasteiger partial charge on any atom is -0.460 e. The lowest BCUT2D eigenvalue weighted by Gasteiger charge is -2.08. The highest BCUT2D eigenvalue weighted by molar-refractivity contribution is 7.14. The number of ether oxygens (including phenoxy) is 1. The molecule has 1 aromatic heterocycles. The zero-order chi connectivity index (χ0) is 14.6. The molecule has 1 rings (SSSR count). The standard InChI is InChI=1S/C9H7Cl3N2O4S/c1-2-18-6(16)5(15)4-3-19-8(13-4)14-7(17)9(10,11)12/h3H,2H2,1H3,(H,13,14,17). The van der Waals surface area contributed by atoms with Crippen LogP contribution in [0.1, 0.15) is 17.4 Å².